The van der Waals surface area contributed by atoms with Gasteiger partial charge in [0.15, 0.2) is 4.47 Å². The molecule has 18 heavy (non-hydrogen) atoms. The smallest absolute Gasteiger partial charge is 0.183 e. The topological polar surface area (TPSA) is 34.1 Å². The summed E-state index contributed by atoms with van der Waals surface area (Å²) in [4.78, 5) is 4.85. The van der Waals surface area contributed by atoms with Crippen LogP contribution in [0.4, 0.5) is 10.1 Å². The number of halogens is 3. The van der Waals surface area contributed by atoms with Gasteiger partial charge >= 0.3 is 0 Å². The van der Waals surface area contributed by atoms with E-state index >= 15 is 0 Å². The van der Waals surface area contributed by atoms with Crippen molar-refractivity contribution in [3.05, 3.63) is 38.0 Å². The molecule has 0 aliphatic heterocycles. The van der Waals surface area contributed by atoms with Crippen LogP contribution in [0.2, 0.25) is 4.47 Å². The lowest BCUT2D eigenvalue weighted by molar-refractivity contribution is 0.411. The van der Waals surface area contributed by atoms with Crippen LogP contribution in [0.3, 0.4) is 0 Å². The Labute approximate surface area is 121 Å². The van der Waals surface area contributed by atoms with E-state index in [2.05, 4.69) is 26.2 Å². The van der Waals surface area contributed by atoms with E-state index in [1.165, 1.54) is 24.5 Å². The lowest BCUT2D eigenvalue weighted by atomic mass is 10.3. The van der Waals surface area contributed by atoms with Gasteiger partial charge in [0.1, 0.15) is 11.6 Å². The first kappa shape index (κ1) is 13.6. The van der Waals surface area contributed by atoms with Crippen LogP contribution in [0.1, 0.15) is 4.88 Å². The summed E-state index contributed by atoms with van der Waals surface area (Å²) in [5, 5.41) is 2.98. The summed E-state index contributed by atoms with van der Waals surface area (Å²) in [6, 6.07) is 2.96. The maximum atomic E-state index is 13.7. The first-order valence-corrected chi connectivity index (χ1v) is 6.96. The van der Waals surface area contributed by atoms with E-state index in [0.717, 1.165) is 4.88 Å². The number of rotatable bonds is 4. The molecule has 7 heteroatoms. The van der Waals surface area contributed by atoms with Gasteiger partial charge in [0.2, 0.25) is 0 Å². The normalized spacial score (nSPS) is 10.4. The average molecular weight is 352 g/mol. The van der Waals surface area contributed by atoms with Gasteiger partial charge in [-0.2, -0.15) is 0 Å². The van der Waals surface area contributed by atoms with Gasteiger partial charge in [0.25, 0.3) is 0 Å². The van der Waals surface area contributed by atoms with E-state index in [0.29, 0.717) is 26.9 Å². The number of anilines is 1. The number of aromatic nitrogens is 1. The molecule has 0 saturated carbocycles. The van der Waals surface area contributed by atoms with Crippen molar-refractivity contribution in [1.82, 2.24) is 4.98 Å². The van der Waals surface area contributed by atoms with Gasteiger partial charge in [0.05, 0.1) is 23.8 Å². The molecule has 96 valence electrons. The number of hydrogen-bond donors (Lipinski definition) is 1. The summed E-state index contributed by atoms with van der Waals surface area (Å²) in [7, 11) is 1.53. The van der Waals surface area contributed by atoms with Crippen molar-refractivity contribution in [2.45, 2.75) is 6.54 Å². The van der Waals surface area contributed by atoms with Gasteiger partial charge in [-0.05, 0) is 22.0 Å². The Morgan fingerprint density at radius 1 is 1.56 bits per heavy atom. The summed E-state index contributed by atoms with van der Waals surface area (Å²) in [5.41, 5.74) is 0.375. The monoisotopic (exact) mass is 350 g/mol. The second kappa shape index (κ2) is 5.86. The number of ether oxygens (including phenoxy) is 1. The zero-order chi connectivity index (χ0) is 13.1. The van der Waals surface area contributed by atoms with Crippen molar-refractivity contribution >= 4 is 44.6 Å². The Morgan fingerprint density at radius 3 is 2.94 bits per heavy atom. The molecule has 0 radical (unpaired) electrons. The third kappa shape index (κ3) is 3.13. The van der Waals surface area contributed by atoms with Crippen LogP contribution in [0.15, 0.2) is 22.8 Å². The highest BCUT2D eigenvalue weighted by molar-refractivity contribution is 9.10. The molecular weight excluding hydrogens is 343 g/mol. The quantitative estimate of drug-likeness (QED) is 0.891. The number of nitrogens with one attached hydrogen (secondary N) is 1. The van der Waals surface area contributed by atoms with Crippen LogP contribution in [-0.4, -0.2) is 12.1 Å². The summed E-state index contributed by atoms with van der Waals surface area (Å²) in [5.74, 6) is 0.222. The Hall–Kier alpha value is -0.850. The summed E-state index contributed by atoms with van der Waals surface area (Å²) in [6.07, 6.45) is 1.66. The van der Waals surface area contributed by atoms with Crippen molar-refractivity contribution in [1.29, 1.82) is 0 Å². The molecule has 0 unspecified atom stereocenters. The van der Waals surface area contributed by atoms with Gasteiger partial charge in [-0.15, -0.1) is 11.3 Å². The Kier molecular flexibility index (Phi) is 4.42. The Morgan fingerprint density at radius 2 is 2.33 bits per heavy atom. The van der Waals surface area contributed by atoms with Crippen LogP contribution in [0.25, 0.3) is 0 Å². The zero-order valence-electron chi connectivity index (χ0n) is 9.34. The van der Waals surface area contributed by atoms with Gasteiger partial charge in [-0.3, -0.25) is 0 Å². The number of benzene rings is 1. The standard InChI is InChI=1S/C11H9BrClFN2OS/c1-17-10-3-9(8(14)2-7(10)12)15-4-6-5-16-11(13)18-6/h2-3,5,15H,4H2,1H3. The summed E-state index contributed by atoms with van der Waals surface area (Å²) in [6.45, 7) is 0.464. The van der Waals surface area contributed by atoms with Crippen molar-refractivity contribution in [3.63, 3.8) is 0 Å². The molecule has 0 aliphatic carbocycles. The Bertz CT molecular complexity index is 564. The summed E-state index contributed by atoms with van der Waals surface area (Å²) < 4.78 is 19.9. The predicted molar refractivity (Wildman–Crippen MR) is 75.1 cm³/mol. The van der Waals surface area contributed by atoms with E-state index in [-0.39, 0.29) is 5.82 Å². The SMILES string of the molecule is COc1cc(NCc2cnc(Cl)s2)c(F)cc1Br. The van der Waals surface area contributed by atoms with Crippen LogP contribution < -0.4 is 10.1 Å². The third-order valence-electron chi connectivity index (χ3n) is 2.22. The van der Waals surface area contributed by atoms with Crippen LogP contribution >= 0.6 is 38.9 Å². The lowest BCUT2D eigenvalue weighted by Gasteiger charge is -2.09. The van der Waals surface area contributed by atoms with E-state index in [4.69, 9.17) is 16.3 Å². The second-order valence-corrected chi connectivity index (χ2v) is 5.95. The molecule has 0 saturated heterocycles. The Balaban J connectivity index is 2.13. The van der Waals surface area contributed by atoms with Crippen molar-refractivity contribution in [2.24, 2.45) is 0 Å². The minimum Gasteiger partial charge on any atom is -0.495 e. The molecule has 3 nitrogen and oxygen atoms in total. The van der Waals surface area contributed by atoms with E-state index in [1.807, 2.05) is 0 Å². The molecule has 1 aromatic heterocycles. The molecule has 1 aromatic carbocycles. The van der Waals surface area contributed by atoms with Crippen molar-refractivity contribution < 1.29 is 9.13 Å². The van der Waals surface area contributed by atoms with Crippen LogP contribution in [0, 0.1) is 5.82 Å². The van der Waals surface area contributed by atoms with Crippen LogP contribution in [-0.2, 0) is 6.54 Å². The molecule has 1 heterocycles. The first-order valence-electron chi connectivity index (χ1n) is 4.97. The number of hydrogen-bond acceptors (Lipinski definition) is 4. The maximum absolute atomic E-state index is 13.7. The highest BCUT2D eigenvalue weighted by Gasteiger charge is 2.09. The molecule has 0 fully saturated rings. The molecule has 2 aromatic rings. The fourth-order valence-electron chi connectivity index (χ4n) is 1.37. The first-order chi connectivity index (χ1) is 8.60. The predicted octanol–water partition coefficient (Wildman–Crippen LogP) is 4.32. The molecule has 2 rings (SSSR count). The molecule has 0 atom stereocenters. The zero-order valence-corrected chi connectivity index (χ0v) is 12.5. The number of nitrogens with zero attached hydrogens (tertiary/aromatic N) is 1. The molecule has 0 amide bonds. The van der Waals surface area contributed by atoms with E-state index in [1.54, 1.807) is 12.3 Å². The van der Waals surface area contributed by atoms with Gasteiger partial charge < -0.3 is 10.1 Å². The maximum Gasteiger partial charge on any atom is 0.183 e. The van der Waals surface area contributed by atoms with Crippen molar-refractivity contribution in [2.75, 3.05) is 12.4 Å². The number of thiazole rings is 1. The van der Waals surface area contributed by atoms with Gasteiger partial charge in [-0.25, -0.2) is 9.37 Å². The van der Waals surface area contributed by atoms with Crippen molar-refractivity contribution in [3.8, 4) is 5.75 Å². The van der Waals surface area contributed by atoms with Crippen LogP contribution in [0.5, 0.6) is 5.75 Å². The van der Waals surface area contributed by atoms with E-state index < -0.39 is 0 Å². The fourth-order valence-corrected chi connectivity index (χ4v) is 2.76. The minimum absolute atomic E-state index is 0.349. The molecular formula is C11H9BrClFN2OS. The molecule has 1 N–H and O–H groups in total. The highest BCUT2D eigenvalue weighted by Crippen LogP contribution is 2.31. The highest BCUT2D eigenvalue weighted by atomic mass is 79.9. The molecule has 0 bridgehead atoms. The largest absolute Gasteiger partial charge is 0.495 e. The van der Waals surface area contributed by atoms with Gasteiger partial charge in [-0.1, -0.05) is 11.6 Å². The third-order valence-corrected chi connectivity index (χ3v) is 3.95. The second-order valence-electron chi connectivity index (χ2n) is 3.40. The minimum atomic E-state index is -0.349. The average Bonchev–Trinajstić information content (AvgIpc) is 2.74. The number of methoxy groups -OCH3 is 1. The lowest BCUT2D eigenvalue weighted by Crippen LogP contribution is -2.00. The molecule has 0 spiro atoms. The molecule has 0 aliphatic rings. The summed E-state index contributed by atoms with van der Waals surface area (Å²) >= 11 is 10.3. The fraction of sp³-hybridized carbons (Fsp3) is 0.182. The van der Waals surface area contributed by atoms with Gasteiger partial charge in [0, 0.05) is 17.1 Å². The van der Waals surface area contributed by atoms with E-state index in [9.17, 15) is 4.39 Å².